The average molecular weight is 581 g/mol. The molecule has 0 amide bonds. The van der Waals surface area contributed by atoms with Crippen LogP contribution in [0.2, 0.25) is 0 Å². The van der Waals surface area contributed by atoms with E-state index in [1.165, 1.54) is 6.20 Å². The lowest BCUT2D eigenvalue weighted by Crippen LogP contribution is -2.37. The van der Waals surface area contributed by atoms with Gasteiger partial charge >= 0.3 is 19.2 Å². The van der Waals surface area contributed by atoms with Gasteiger partial charge in [0.2, 0.25) is 0 Å². The van der Waals surface area contributed by atoms with Crippen molar-refractivity contribution in [3.05, 3.63) is 55.3 Å². The number of rotatable bonds is 6. The highest BCUT2D eigenvalue weighted by Crippen LogP contribution is 2.38. The maximum absolute atomic E-state index is 11.7. The number of phosphoric ester groups is 1. The van der Waals surface area contributed by atoms with E-state index in [1.807, 2.05) is 4.98 Å². The molecule has 4 rings (SSSR count). The molecule has 2 fully saturated rings. The van der Waals surface area contributed by atoms with Crippen LogP contribution in [-0.4, -0.2) is 104 Å². The summed E-state index contributed by atoms with van der Waals surface area (Å²) < 4.78 is 27.1. The lowest BCUT2D eigenvalue weighted by molar-refractivity contribution is -0.0550. The van der Waals surface area contributed by atoms with Crippen molar-refractivity contribution in [1.29, 1.82) is 0 Å². The average Bonchev–Trinajstić information content (AvgIpc) is 3.30. The van der Waals surface area contributed by atoms with Gasteiger partial charge < -0.3 is 50.5 Å². The van der Waals surface area contributed by atoms with Crippen LogP contribution in [0.5, 0.6) is 0 Å². The maximum Gasteiger partial charge on any atom is 0.469 e. The first kappa shape index (κ1) is 30.7. The highest BCUT2D eigenvalue weighted by molar-refractivity contribution is 7.46. The zero-order chi connectivity index (χ0) is 29.2. The number of phosphoric acid groups is 1. The summed E-state index contributed by atoms with van der Waals surface area (Å²) in [5.41, 5.74) is 3.83. The molecule has 0 saturated carbocycles. The van der Waals surface area contributed by atoms with Gasteiger partial charge in [0.25, 0.3) is 5.56 Å². The summed E-state index contributed by atoms with van der Waals surface area (Å²) >= 11 is 0. The molecule has 2 aliphatic rings. The molecule has 10 N–H and O–H groups in total. The zero-order valence-corrected chi connectivity index (χ0v) is 21.0. The molecule has 2 saturated heterocycles. The predicted molar refractivity (Wildman–Crippen MR) is 126 cm³/mol. The Labute approximate surface area is 217 Å². The molecule has 2 aromatic rings. The molecular weight excluding hydrogens is 553 g/mol. The fourth-order valence-corrected chi connectivity index (χ4v) is 4.11. The summed E-state index contributed by atoms with van der Waals surface area (Å²) in [4.78, 5) is 56.9. The molecule has 0 spiro atoms. The van der Waals surface area contributed by atoms with E-state index in [1.54, 1.807) is 6.92 Å². The minimum absolute atomic E-state index is 0.1000. The van der Waals surface area contributed by atoms with Crippen molar-refractivity contribution in [3.63, 3.8) is 0 Å². The number of aliphatic hydroxyl groups excluding tert-OH is 5. The van der Waals surface area contributed by atoms with E-state index < -0.39 is 87.1 Å². The number of ether oxygens (including phenoxy) is 2. The van der Waals surface area contributed by atoms with Crippen molar-refractivity contribution in [2.24, 2.45) is 0 Å². The second-order valence-electron chi connectivity index (χ2n) is 8.58. The van der Waals surface area contributed by atoms with Crippen LogP contribution in [0.25, 0.3) is 0 Å². The summed E-state index contributed by atoms with van der Waals surface area (Å²) in [7, 11) is -4.76. The molecule has 2 aromatic heterocycles. The van der Waals surface area contributed by atoms with E-state index >= 15 is 0 Å². The summed E-state index contributed by atoms with van der Waals surface area (Å²) in [6.07, 6.45) is -7.79. The van der Waals surface area contributed by atoms with Crippen LogP contribution in [0.15, 0.2) is 32.8 Å². The largest absolute Gasteiger partial charge is 0.469 e. The fraction of sp³-hybridized carbons (Fsp3) is 0.579. The lowest BCUT2D eigenvalue weighted by Gasteiger charge is -2.17. The van der Waals surface area contributed by atoms with Crippen molar-refractivity contribution < 1.29 is 53.9 Å². The van der Waals surface area contributed by atoms with E-state index in [0.29, 0.717) is 5.56 Å². The van der Waals surface area contributed by atoms with Gasteiger partial charge in [-0.25, -0.2) is 14.2 Å². The molecule has 20 heteroatoms. The zero-order valence-electron chi connectivity index (χ0n) is 20.1. The highest BCUT2D eigenvalue weighted by Gasteiger charge is 2.45. The minimum Gasteiger partial charge on any atom is -0.394 e. The van der Waals surface area contributed by atoms with Gasteiger partial charge in [0.05, 0.1) is 13.2 Å². The molecule has 0 bridgehead atoms. The summed E-state index contributed by atoms with van der Waals surface area (Å²) in [5, 5.41) is 47.9. The van der Waals surface area contributed by atoms with Crippen molar-refractivity contribution in [2.45, 2.75) is 56.0 Å². The standard InChI is InChI=1S/C10H15N3O5.C9H13N2O9P/c1-4-2-13(10(17)12-8(4)11)9-7(16)6(15)5(3-14)18-9;12-5-1-2-11(9(15)10-5)8-7(14)6(13)4(20-8)3-19-21(16,17)18/h2,5-7,9,14-16H,3H2,1H3,(H2,11,12,17);1-2,4,6-8,13-14H,3H2,(H,10,12,15)(H2,16,17,18)/t5-,6-,7-,9-;4-,6-,7-,8-/m11/s1. The summed E-state index contributed by atoms with van der Waals surface area (Å²) in [6, 6.07) is 1.02. The molecule has 0 aliphatic carbocycles. The van der Waals surface area contributed by atoms with Crippen molar-refractivity contribution in [1.82, 2.24) is 19.1 Å². The number of anilines is 1. The van der Waals surface area contributed by atoms with Crippen LogP contribution < -0.4 is 22.7 Å². The van der Waals surface area contributed by atoms with E-state index in [0.717, 1.165) is 21.4 Å². The fourth-order valence-electron chi connectivity index (χ4n) is 3.77. The molecule has 0 radical (unpaired) electrons. The van der Waals surface area contributed by atoms with Crippen LogP contribution in [0, 0.1) is 6.92 Å². The second-order valence-corrected chi connectivity index (χ2v) is 9.82. The highest BCUT2D eigenvalue weighted by atomic mass is 31.2. The number of hydrogen-bond acceptors (Lipinski definition) is 14. The van der Waals surface area contributed by atoms with Gasteiger partial charge in [0, 0.05) is 24.0 Å². The maximum atomic E-state index is 11.7. The number of aromatic nitrogens is 4. The lowest BCUT2D eigenvalue weighted by atomic mass is 10.1. The second kappa shape index (κ2) is 12.1. The number of nitrogens with two attached hydrogens (primary N) is 1. The van der Waals surface area contributed by atoms with E-state index in [9.17, 15) is 39.4 Å². The van der Waals surface area contributed by atoms with Gasteiger partial charge in [-0.2, -0.15) is 4.98 Å². The third-order valence-corrected chi connectivity index (χ3v) is 6.32. The first-order valence-electron chi connectivity index (χ1n) is 11.2. The Morgan fingerprint density at radius 1 is 1.03 bits per heavy atom. The van der Waals surface area contributed by atoms with Crippen LogP contribution in [-0.2, 0) is 18.6 Å². The molecule has 218 valence electrons. The number of aliphatic hydroxyl groups is 5. The SMILES string of the molecule is Cc1cn([C@@H]2O[C@H](CO)[C@@H](O)[C@H]2O)c(=O)nc1N.O=c1ccn([C@@H]2O[C@H](COP(=O)(O)O)[C@@H](O)[C@H]2O)c(=O)[nH]1. The third kappa shape index (κ3) is 7.04. The van der Waals surface area contributed by atoms with Gasteiger partial charge in [0.15, 0.2) is 12.5 Å². The Balaban J connectivity index is 0.000000218. The Kier molecular flexibility index (Phi) is 9.57. The van der Waals surface area contributed by atoms with E-state index in [4.69, 9.17) is 30.1 Å². The quantitative estimate of drug-likeness (QED) is 0.144. The summed E-state index contributed by atoms with van der Waals surface area (Å²) in [6.45, 7) is 0.515. The molecule has 0 unspecified atom stereocenters. The van der Waals surface area contributed by atoms with Crippen LogP contribution in [0.4, 0.5) is 5.82 Å². The Morgan fingerprint density at radius 3 is 2.13 bits per heavy atom. The van der Waals surface area contributed by atoms with Gasteiger partial charge in [-0.3, -0.25) is 23.4 Å². The predicted octanol–water partition coefficient (Wildman–Crippen LogP) is -4.99. The molecule has 2 aliphatic heterocycles. The van der Waals surface area contributed by atoms with Crippen molar-refractivity contribution in [2.75, 3.05) is 18.9 Å². The van der Waals surface area contributed by atoms with Crippen LogP contribution in [0.3, 0.4) is 0 Å². The van der Waals surface area contributed by atoms with Gasteiger partial charge in [-0.05, 0) is 6.92 Å². The number of nitrogens with one attached hydrogen (secondary N) is 1. The number of hydrogen-bond donors (Lipinski definition) is 9. The Bertz CT molecular complexity index is 1370. The Hall–Kier alpha value is -2.81. The summed E-state index contributed by atoms with van der Waals surface area (Å²) in [5.74, 6) is 0.1000. The minimum atomic E-state index is -4.76. The molecule has 39 heavy (non-hydrogen) atoms. The van der Waals surface area contributed by atoms with Gasteiger partial charge in [-0.1, -0.05) is 0 Å². The topological polar surface area (TPSA) is 302 Å². The third-order valence-electron chi connectivity index (χ3n) is 5.83. The number of aromatic amines is 1. The van der Waals surface area contributed by atoms with Crippen LogP contribution >= 0.6 is 7.82 Å². The van der Waals surface area contributed by atoms with Crippen molar-refractivity contribution in [3.8, 4) is 0 Å². The number of H-pyrrole nitrogens is 1. The molecule has 19 nitrogen and oxygen atoms in total. The number of nitrogen functional groups attached to an aromatic ring is 1. The smallest absolute Gasteiger partial charge is 0.394 e. The number of nitrogens with zero attached hydrogens (tertiary/aromatic N) is 3. The molecule has 0 aromatic carbocycles. The first-order valence-corrected chi connectivity index (χ1v) is 12.7. The molecule has 8 atom stereocenters. The molecular formula is C19H28N5O14P. The van der Waals surface area contributed by atoms with Crippen LogP contribution in [0.1, 0.15) is 18.0 Å². The Morgan fingerprint density at radius 2 is 1.59 bits per heavy atom. The van der Waals surface area contributed by atoms with E-state index in [2.05, 4.69) is 9.51 Å². The van der Waals surface area contributed by atoms with E-state index in [-0.39, 0.29) is 5.82 Å². The monoisotopic (exact) mass is 581 g/mol. The normalized spacial score (nSPS) is 30.7. The van der Waals surface area contributed by atoms with Crippen molar-refractivity contribution >= 4 is 13.6 Å². The number of aryl methyl sites for hydroxylation is 1. The first-order chi connectivity index (χ1) is 18.1. The van der Waals surface area contributed by atoms with Gasteiger partial charge in [-0.15, -0.1) is 0 Å². The van der Waals surface area contributed by atoms with Gasteiger partial charge in [0.1, 0.15) is 42.4 Å². The molecule has 4 heterocycles.